The number of carbonyl (C=O) groups is 1. The van der Waals surface area contributed by atoms with Crippen LogP contribution in [0.1, 0.15) is 12.5 Å². The first-order valence-corrected chi connectivity index (χ1v) is 4.91. The van der Waals surface area contributed by atoms with Crippen molar-refractivity contribution in [3.8, 4) is 5.75 Å². The largest absolute Gasteiger partial charge is 0.508 e. The van der Waals surface area contributed by atoms with Crippen molar-refractivity contribution >= 4 is 5.91 Å². The van der Waals surface area contributed by atoms with E-state index in [1.807, 2.05) is 12.1 Å². The third-order valence-electron chi connectivity index (χ3n) is 2.06. The molecule has 0 fully saturated rings. The average molecular weight is 208 g/mol. The smallest absolute Gasteiger partial charge is 0.236 e. The number of rotatable bonds is 4. The SMILES string of the molecule is C[C@H](N)C(=O)NCCc1ccc(O)cc1. The summed E-state index contributed by atoms with van der Waals surface area (Å²) in [4.78, 5) is 11.1. The molecular formula is C11H16N2O2. The second-order valence-electron chi connectivity index (χ2n) is 3.50. The van der Waals surface area contributed by atoms with Crippen molar-refractivity contribution in [3.63, 3.8) is 0 Å². The molecule has 1 aromatic rings. The molecule has 4 heteroatoms. The van der Waals surface area contributed by atoms with Crippen molar-refractivity contribution in [2.45, 2.75) is 19.4 Å². The van der Waals surface area contributed by atoms with E-state index in [4.69, 9.17) is 10.8 Å². The summed E-state index contributed by atoms with van der Waals surface area (Å²) >= 11 is 0. The van der Waals surface area contributed by atoms with E-state index in [1.165, 1.54) is 0 Å². The van der Waals surface area contributed by atoms with Gasteiger partial charge in [0.25, 0.3) is 0 Å². The van der Waals surface area contributed by atoms with Crippen molar-refractivity contribution in [2.24, 2.45) is 5.73 Å². The lowest BCUT2D eigenvalue weighted by Crippen LogP contribution is -2.39. The number of benzene rings is 1. The maximum Gasteiger partial charge on any atom is 0.236 e. The van der Waals surface area contributed by atoms with E-state index in [2.05, 4.69) is 5.32 Å². The van der Waals surface area contributed by atoms with Crippen LogP contribution in [0.5, 0.6) is 5.75 Å². The Bertz CT molecular complexity index is 320. The van der Waals surface area contributed by atoms with Gasteiger partial charge in [-0.3, -0.25) is 4.79 Å². The van der Waals surface area contributed by atoms with Crippen LogP contribution in [0, 0.1) is 0 Å². The number of aromatic hydroxyl groups is 1. The summed E-state index contributed by atoms with van der Waals surface area (Å²) in [7, 11) is 0. The predicted molar refractivity (Wildman–Crippen MR) is 58.5 cm³/mol. The lowest BCUT2D eigenvalue weighted by atomic mass is 10.1. The molecule has 0 radical (unpaired) electrons. The fourth-order valence-corrected chi connectivity index (χ4v) is 1.15. The maximum absolute atomic E-state index is 11.1. The summed E-state index contributed by atoms with van der Waals surface area (Å²) in [6.07, 6.45) is 0.735. The summed E-state index contributed by atoms with van der Waals surface area (Å²) in [5, 5.41) is 11.8. The van der Waals surface area contributed by atoms with Crippen LogP contribution in [0.3, 0.4) is 0 Å². The predicted octanol–water partition coefficient (Wildman–Crippen LogP) is 0.398. The van der Waals surface area contributed by atoms with E-state index < -0.39 is 6.04 Å². The summed E-state index contributed by atoms with van der Waals surface area (Å²) in [6, 6.07) is 6.44. The summed E-state index contributed by atoms with van der Waals surface area (Å²) in [5.74, 6) is 0.104. The van der Waals surface area contributed by atoms with Crippen LogP contribution in [0.25, 0.3) is 0 Å². The lowest BCUT2D eigenvalue weighted by molar-refractivity contribution is -0.121. The minimum Gasteiger partial charge on any atom is -0.508 e. The second kappa shape index (κ2) is 5.36. The molecule has 1 atom stereocenters. The molecule has 0 aliphatic rings. The minimum atomic E-state index is -0.468. The van der Waals surface area contributed by atoms with Crippen LogP contribution in [0.4, 0.5) is 0 Å². The van der Waals surface area contributed by atoms with Gasteiger partial charge in [-0.25, -0.2) is 0 Å². The summed E-state index contributed by atoms with van der Waals surface area (Å²) in [5.41, 5.74) is 6.46. The third kappa shape index (κ3) is 3.99. The van der Waals surface area contributed by atoms with Gasteiger partial charge in [0.1, 0.15) is 5.75 Å². The van der Waals surface area contributed by atoms with Crippen LogP contribution in [-0.4, -0.2) is 23.6 Å². The van der Waals surface area contributed by atoms with E-state index in [-0.39, 0.29) is 11.7 Å². The number of phenolic OH excluding ortho intramolecular Hbond substituents is 1. The van der Waals surface area contributed by atoms with Gasteiger partial charge >= 0.3 is 0 Å². The number of hydrogen-bond acceptors (Lipinski definition) is 3. The molecule has 0 spiro atoms. The van der Waals surface area contributed by atoms with Crippen molar-refractivity contribution in [3.05, 3.63) is 29.8 Å². The van der Waals surface area contributed by atoms with Crippen LogP contribution >= 0.6 is 0 Å². The zero-order valence-corrected chi connectivity index (χ0v) is 8.73. The molecular weight excluding hydrogens is 192 g/mol. The highest BCUT2D eigenvalue weighted by atomic mass is 16.3. The third-order valence-corrected chi connectivity index (χ3v) is 2.06. The van der Waals surface area contributed by atoms with E-state index in [1.54, 1.807) is 19.1 Å². The van der Waals surface area contributed by atoms with Gasteiger partial charge in [0.05, 0.1) is 6.04 Å². The molecule has 0 saturated carbocycles. The first kappa shape index (κ1) is 11.5. The molecule has 0 aliphatic heterocycles. The molecule has 0 aromatic heterocycles. The number of amides is 1. The molecule has 0 unspecified atom stereocenters. The lowest BCUT2D eigenvalue weighted by Gasteiger charge is -2.07. The number of phenols is 1. The summed E-state index contributed by atoms with van der Waals surface area (Å²) < 4.78 is 0. The van der Waals surface area contributed by atoms with Gasteiger partial charge in [-0.2, -0.15) is 0 Å². The van der Waals surface area contributed by atoms with Crippen molar-refractivity contribution in [2.75, 3.05) is 6.54 Å². The first-order chi connectivity index (χ1) is 7.09. The van der Waals surface area contributed by atoms with Gasteiger partial charge < -0.3 is 16.2 Å². The molecule has 82 valence electrons. The molecule has 4 nitrogen and oxygen atoms in total. The Kier molecular flexibility index (Phi) is 4.12. The van der Waals surface area contributed by atoms with Crippen molar-refractivity contribution < 1.29 is 9.90 Å². The fraction of sp³-hybridized carbons (Fsp3) is 0.364. The van der Waals surface area contributed by atoms with Crippen LogP contribution in [0.15, 0.2) is 24.3 Å². The molecule has 0 saturated heterocycles. The molecule has 4 N–H and O–H groups in total. The Balaban J connectivity index is 2.32. The summed E-state index contributed by atoms with van der Waals surface area (Å²) in [6.45, 7) is 2.21. The number of hydrogen-bond donors (Lipinski definition) is 3. The zero-order chi connectivity index (χ0) is 11.3. The molecule has 1 aromatic carbocycles. The van der Waals surface area contributed by atoms with Crippen LogP contribution < -0.4 is 11.1 Å². The molecule has 1 amide bonds. The Morgan fingerprint density at radius 3 is 2.60 bits per heavy atom. The highest BCUT2D eigenvalue weighted by molar-refractivity contribution is 5.80. The highest BCUT2D eigenvalue weighted by Gasteiger charge is 2.05. The van der Waals surface area contributed by atoms with Crippen LogP contribution in [-0.2, 0) is 11.2 Å². The molecule has 1 rings (SSSR count). The van der Waals surface area contributed by atoms with Crippen LogP contribution in [0.2, 0.25) is 0 Å². The van der Waals surface area contributed by atoms with Crippen molar-refractivity contribution in [1.29, 1.82) is 0 Å². The Hall–Kier alpha value is -1.55. The average Bonchev–Trinajstić information content (AvgIpc) is 2.20. The van der Waals surface area contributed by atoms with Gasteiger partial charge in [0.2, 0.25) is 5.91 Å². The number of nitrogens with two attached hydrogens (primary N) is 1. The Morgan fingerprint density at radius 2 is 2.07 bits per heavy atom. The van der Waals surface area contributed by atoms with Gasteiger partial charge in [0.15, 0.2) is 0 Å². The zero-order valence-electron chi connectivity index (χ0n) is 8.73. The van der Waals surface area contributed by atoms with Gasteiger partial charge in [-0.15, -0.1) is 0 Å². The minimum absolute atomic E-state index is 0.145. The Morgan fingerprint density at radius 1 is 1.47 bits per heavy atom. The van der Waals surface area contributed by atoms with E-state index >= 15 is 0 Å². The molecule has 0 aliphatic carbocycles. The first-order valence-electron chi connectivity index (χ1n) is 4.91. The molecule has 0 bridgehead atoms. The number of nitrogens with one attached hydrogen (secondary N) is 1. The van der Waals surface area contributed by atoms with Gasteiger partial charge in [-0.05, 0) is 31.0 Å². The standard InChI is InChI=1S/C11H16N2O2/c1-8(12)11(15)13-7-6-9-2-4-10(14)5-3-9/h2-5,8,14H,6-7,12H2,1H3,(H,13,15)/t8-/m0/s1. The fourth-order valence-electron chi connectivity index (χ4n) is 1.15. The maximum atomic E-state index is 11.1. The monoisotopic (exact) mass is 208 g/mol. The molecule has 15 heavy (non-hydrogen) atoms. The van der Waals surface area contributed by atoms with Crippen molar-refractivity contribution in [1.82, 2.24) is 5.32 Å². The van der Waals surface area contributed by atoms with E-state index in [0.29, 0.717) is 6.54 Å². The van der Waals surface area contributed by atoms with E-state index in [9.17, 15) is 4.79 Å². The molecule has 0 heterocycles. The van der Waals surface area contributed by atoms with Gasteiger partial charge in [-0.1, -0.05) is 12.1 Å². The van der Waals surface area contributed by atoms with Gasteiger partial charge in [0, 0.05) is 6.54 Å². The topological polar surface area (TPSA) is 75.4 Å². The number of carbonyl (C=O) groups excluding carboxylic acids is 1. The quantitative estimate of drug-likeness (QED) is 0.670. The second-order valence-corrected chi connectivity index (χ2v) is 3.50. The highest BCUT2D eigenvalue weighted by Crippen LogP contribution is 2.09. The normalized spacial score (nSPS) is 12.1. The van der Waals surface area contributed by atoms with E-state index in [0.717, 1.165) is 12.0 Å². The Labute approximate surface area is 89.1 Å².